The number of aromatic nitrogens is 5. The number of aromatic amines is 1. The van der Waals surface area contributed by atoms with Crippen molar-refractivity contribution >= 4 is 28.1 Å². The SMILES string of the molecule is CCCCOc1ncc(I)cc1-c1nn2c(CC)nc(CCC)c2c(=O)[nH]1. The highest BCUT2D eigenvalue weighted by Crippen LogP contribution is 2.27. The minimum absolute atomic E-state index is 0.186. The van der Waals surface area contributed by atoms with Crippen molar-refractivity contribution in [1.29, 1.82) is 0 Å². The average molecular weight is 481 g/mol. The molecule has 0 saturated heterocycles. The summed E-state index contributed by atoms with van der Waals surface area (Å²) >= 11 is 2.19. The van der Waals surface area contributed by atoms with Crippen molar-refractivity contribution in [3.8, 4) is 17.3 Å². The Hall–Kier alpha value is -1.97. The van der Waals surface area contributed by atoms with E-state index in [2.05, 4.69) is 56.5 Å². The van der Waals surface area contributed by atoms with Crippen LogP contribution in [0.1, 0.15) is 51.6 Å². The topological polar surface area (TPSA) is 85.2 Å². The summed E-state index contributed by atoms with van der Waals surface area (Å²) in [5.41, 5.74) is 1.83. The summed E-state index contributed by atoms with van der Waals surface area (Å²) in [7, 11) is 0. The van der Waals surface area contributed by atoms with Crippen LogP contribution in [0, 0.1) is 3.57 Å². The summed E-state index contributed by atoms with van der Waals surface area (Å²) in [6, 6.07) is 1.93. The second-order valence-corrected chi connectivity index (χ2v) is 7.60. The van der Waals surface area contributed by atoms with Gasteiger partial charge in [-0.3, -0.25) is 4.79 Å². The lowest BCUT2D eigenvalue weighted by Gasteiger charge is -2.10. The number of halogens is 1. The summed E-state index contributed by atoms with van der Waals surface area (Å²) < 4.78 is 8.46. The van der Waals surface area contributed by atoms with Crippen LogP contribution in [0.2, 0.25) is 0 Å². The second kappa shape index (κ2) is 8.81. The fourth-order valence-electron chi connectivity index (χ4n) is 2.92. The van der Waals surface area contributed by atoms with Crippen LogP contribution in [0.25, 0.3) is 16.9 Å². The molecule has 8 heteroatoms. The molecule has 3 heterocycles. The fraction of sp³-hybridized carbons (Fsp3) is 0.474. The lowest BCUT2D eigenvalue weighted by atomic mass is 10.2. The van der Waals surface area contributed by atoms with E-state index in [0.29, 0.717) is 35.8 Å². The van der Waals surface area contributed by atoms with E-state index in [-0.39, 0.29) is 5.56 Å². The van der Waals surface area contributed by atoms with Gasteiger partial charge in [-0.1, -0.05) is 33.6 Å². The third-order valence-electron chi connectivity index (χ3n) is 4.25. The van der Waals surface area contributed by atoms with E-state index in [4.69, 9.17) is 4.74 Å². The van der Waals surface area contributed by atoms with E-state index < -0.39 is 0 Å². The van der Waals surface area contributed by atoms with Gasteiger partial charge < -0.3 is 9.72 Å². The predicted octanol–water partition coefficient (Wildman–Crippen LogP) is 3.78. The number of ether oxygens (including phenoxy) is 1. The molecule has 1 N–H and O–H groups in total. The molecule has 3 aromatic heterocycles. The molecule has 0 fully saturated rings. The Balaban J connectivity index is 2.15. The summed E-state index contributed by atoms with van der Waals surface area (Å²) in [6.07, 6.45) is 6.10. The molecular formula is C19H24IN5O2. The lowest BCUT2D eigenvalue weighted by molar-refractivity contribution is 0.299. The zero-order valence-corrected chi connectivity index (χ0v) is 18.0. The first-order valence-electron chi connectivity index (χ1n) is 9.38. The molecule has 0 unspecified atom stereocenters. The number of hydrogen-bond donors (Lipinski definition) is 1. The van der Waals surface area contributed by atoms with Gasteiger partial charge in [0.1, 0.15) is 5.82 Å². The number of nitrogens with one attached hydrogen (secondary N) is 1. The van der Waals surface area contributed by atoms with E-state index >= 15 is 0 Å². The van der Waals surface area contributed by atoms with Crippen molar-refractivity contribution in [1.82, 2.24) is 24.6 Å². The van der Waals surface area contributed by atoms with Gasteiger partial charge in [-0.05, 0) is 41.5 Å². The summed E-state index contributed by atoms with van der Waals surface area (Å²) in [6.45, 7) is 6.77. The Labute approximate surface area is 171 Å². The van der Waals surface area contributed by atoms with Gasteiger partial charge in [0.25, 0.3) is 5.56 Å². The molecule has 3 aromatic rings. The van der Waals surface area contributed by atoms with Crippen molar-refractivity contribution in [3.05, 3.63) is 37.7 Å². The highest BCUT2D eigenvalue weighted by Gasteiger charge is 2.18. The Morgan fingerprint density at radius 1 is 1.26 bits per heavy atom. The lowest BCUT2D eigenvalue weighted by Crippen LogP contribution is -2.16. The van der Waals surface area contributed by atoms with Gasteiger partial charge in [-0.25, -0.2) is 14.5 Å². The van der Waals surface area contributed by atoms with Crippen LogP contribution < -0.4 is 10.3 Å². The summed E-state index contributed by atoms with van der Waals surface area (Å²) in [5.74, 6) is 1.71. The zero-order valence-electron chi connectivity index (χ0n) is 15.9. The van der Waals surface area contributed by atoms with Crippen LogP contribution in [0.4, 0.5) is 0 Å². The third kappa shape index (κ3) is 4.15. The largest absolute Gasteiger partial charge is 0.477 e. The third-order valence-corrected chi connectivity index (χ3v) is 4.84. The number of unbranched alkanes of at least 4 members (excludes halogenated alkanes) is 1. The quantitative estimate of drug-likeness (QED) is 0.391. The number of pyridine rings is 1. The van der Waals surface area contributed by atoms with E-state index in [1.165, 1.54) is 0 Å². The number of hydrogen-bond acceptors (Lipinski definition) is 5. The molecule has 144 valence electrons. The maximum Gasteiger partial charge on any atom is 0.277 e. The van der Waals surface area contributed by atoms with Gasteiger partial charge in [-0.2, -0.15) is 0 Å². The summed E-state index contributed by atoms with van der Waals surface area (Å²) in [4.78, 5) is 24.8. The Kier molecular flexibility index (Phi) is 6.46. The maximum atomic E-state index is 12.8. The smallest absolute Gasteiger partial charge is 0.277 e. The first kappa shape index (κ1) is 19.8. The molecule has 0 spiro atoms. The van der Waals surface area contributed by atoms with Gasteiger partial charge in [0.2, 0.25) is 5.88 Å². The second-order valence-electron chi connectivity index (χ2n) is 6.35. The number of fused-ring (bicyclic) bond motifs is 1. The number of nitrogens with zero attached hydrogens (tertiary/aromatic N) is 4. The maximum absolute atomic E-state index is 12.8. The highest BCUT2D eigenvalue weighted by atomic mass is 127. The summed E-state index contributed by atoms with van der Waals surface area (Å²) in [5, 5.41) is 4.69. The molecule has 0 aliphatic rings. The van der Waals surface area contributed by atoms with Crippen LogP contribution in [0.15, 0.2) is 17.1 Å². The monoisotopic (exact) mass is 481 g/mol. The molecule has 27 heavy (non-hydrogen) atoms. The van der Waals surface area contributed by atoms with Crippen molar-refractivity contribution < 1.29 is 4.74 Å². The van der Waals surface area contributed by atoms with Crippen molar-refractivity contribution in [3.63, 3.8) is 0 Å². The first-order valence-corrected chi connectivity index (χ1v) is 10.5. The van der Waals surface area contributed by atoms with E-state index in [9.17, 15) is 4.79 Å². The van der Waals surface area contributed by atoms with Crippen molar-refractivity contribution in [2.45, 2.75) is 52.9 Å². The minimum atomic E-state index is -0.186. The van der Waals surface area contributed by atoms with Crippen molar-refractivity contribution in [2.75, 3.05) is 6.61 Å². The normalized spacial score (nSPS) is 11.3. The molecule has 0 aromatic carbocycles. The molecule has 0 saturated carbocycles. The molecule has 3 rings (SSSR count). The molecule has 7 nitrogen and oxygen atoms in total. The van der Waals surface area contributed by atoms with Gasteiger partial charge in [0, 0.05) is 16.2 Å². The minimum Gasteiger partial charge on any atom is -0.477 e. The first-order chi connectivity index (χ1) is 13.1. The Morgan fingerprint density at radius 2 is 2.07 bits per heavy atom. The zero-order chi connectivity index (χ0) is 19.4. The van der Waals surface area contributed by atoms with E-state index in [1.54, 1.807) is 10.7 Å². The molecule has 0 aliphatic carbocycles. The van der Waals surface area contributed by atoms with Gasteiger partial charge in [0.05, 0.1) is 17.9 Å². The van der Waals surface area contributed by atoms with Gasteiger partial charge >= 0.3 is 0 Å². The van der Waals surface area contributed by atoms with Crippen LogP contribution in [0.3, 0.4) is 0 Å². The fourth-order valence-corrected chi connectivity index (χ4v) is 3.37. The van der Waals surface area contributed by atoms with E-state index in [1.807, 2.05) is 13.0 Å². The van der Waals surface area contributed by atoms with E-state index in [0.717, 1.165) is 40.8 Å². The molecule has 0 atom stereocenters. The molecule has 0 radical (unpaired) electrons. The highest BCUT2D eigenvalue weighted by molar-refractivity contribution is 14.1. The Bertz CT molecular complexity index is 996. The number of rotatable bonds is 8. The van der Waals surface area contributed by atoms with Gasteiger partial charge in [-0.15, -0.1) is 5.10 Å². The molecule has 0 amide bonds. The van der Waals surface area contributed by atoms with Crippen LogP contribution >= 0.6 is 22.6 Å². The molecule has 0 aliphatic heterocycles. The standard InChI is InChI=1S/C19H24IN5O2/c1-4-7-9-27-19-13(10-12(20)11-21-19)17-23-18(26)16-14(8-5-2)22-15(6-3)25(16)24-17/h10-11H,4-9H2,1-3H3,(H,23,24,26). The van der Waals surface area contributed by atoms with Crippen LogP contribution in [0.5, 0.6) is 5.88 Å². The number of imidazole rings is 1. The number of H-pyrrole nitrogens is 1. The van der Waals surface area contributed by atoms with Gasteiger partial charge in [0.15, 0.2) is 11.3 Å². The molecule has 0 bridgehead atoms. The van der Waals surface area contributed by atoms with Crippen molar-refractivity contribution in [2.24, 2.45) is 0 Å². The average Bonchev–Trinajstić information content (AvgIpc) is 3.01. The number of aryl methyl sites for hydroxylation is 2. The Morgan fingerprint density at radius 3 is 2.78 bits per heavy atom. The van der Waals surface area contributed by atoms with Crippen LogP contribution in [-0.2, 0) is 12.8 Å². The molecular weight excluding hydrogens is 457 g/mol. The predicted molar refractivity (Wildman–Crippen MR) is 113 cm³/mol. The van der Waals surface area contributed by atoms with Crippen LogP contribution in [-0.4, -0.2) is 31.2 Å².